The minimum Gasteiger partial charge on any atom is -0.484 e. The number of hydrogen-bond acceptors (Lipinski definition) is 4. The Balaban J connectivity index is 1.95. The summed E-state index contributed by atoms with van der Waals surface area (Å²) in [5.41, 5.74) is 6.73. The predicted octanol–water partition coefficient (Wildman–Crippen LogP) is 0.240. The standard InChI is InChI=1S/C12H14N2O4/c13-12(17)14-11(16)6-18-8-2-3-9-7(5-8)1-4-10(9)15/h2-3,5,10,15H,1,4,6H2,(H3,13,14,16,17)/t10-/m1/s1. The number of urea groups is 1. The molecule has 0 saturated carbocycles. The van der Waals surface area contributed by atoms with Crippen molar-refractivity contribution < 1.29 is 19.4 Å². The van der Waals surface area contributed by atoms with E-state index in [1.807, 2.05) is 5.32 Å². The summed E-state index contributed by atoms with van der Waals surface area (Å²) < 4.78 is 5.23. The fourth-order valence-electron chi connectivity index (χ4n) is 1.98. The van der Waals surface area contributed by atoms with Crippen molar-refractivity contribution in [2.45, 2.75) is 18.9 Å². The Hall–Kier alpha value is -2.08. The van der Waals surface area contributed by atoms with Gasteiger partial charge in [0.15, 0.2) is 6.61 Å². The van der Waals surface area contributed by atoms with Gasteiger partial charge in [-0.1, -0.05) is 6.07 Å². The summed E-state index contributed by atoms with van der Waals surface area (Å²) in [5, 5.41) is 11.5. The summed E-state index contributed by atoms with van der Waals surface area (Å²) in [6.45, 7) is -0.274. The minimum atomic E-state index is -0.902. The van der Waals surface area contributed by atoms with Crippen LogP contribution in [0.5, 0.6) is 5.75 Å². The van der Waals surface area contributed by atoms with E-state index in [1.165, 1.54) is 0 Å². The first-order valence-electron chi connectivity index (χ1n) is 5.59. The monoisotopic (exact) mass is 250 g/mol. The summed E-state index contributed by atoms with van der Waals surface area (Å²) in [6.07, 6.45) is 1.09. The van der Waals surface area contributed by atoms with Gasteiger partial charge in [-0.2, -0.15) is 0 Å². The summed E-state index contributed by atoms with van der Waals surface area (Å²) in [7, 11) is 0. The summed E-state index contributed by atoms with van der Waals surface area (Å²) >= 11 is 0. The number of aryl methyl sites for hydroxylation is 1. The van der Waals surface area contributed by atoms with E-state index in [0.717, 1.165) is 17.5 Å². The Morgan fingerprint density at radius 2 is 2.28 bits per heavy atom. The van der Waals surface area contributed by atoms with E-state index in [1.54, 1.807) is 18.2 Å². The van der Waals surface area contributed by atoms with Gasteiger partial charge in [0.2, 0.25) is 0 Å². The van der Waals surface area contributed by atoms with E-state index >= 15 is 0 Å². The first-order valence-corrected chi connectivity index (χ1v) is 5.59. The first-order chi connectivity index (χ1) is 8.56. The molecule has 18 heavy (non-hydrogen) atoms. The lowest BCUT2D eigenvalue weighted by Crippen LogP contribution is -2.38. The molecule has 6 heteroatoms. The highest BCUT2D eigenvalue weighted by Gasteiger charge is 2.20. The molecule has 3 amide bonds. The zero-order valence-corrected chi connectivity index (χ0v) is 9.68. The van der Waals surface area contributed by atoms with Crippen molar-refractivity contribution in [1.82, 2.24) is 5.32 Å². The molecule has 1 atom stereocenters. The summed E-state index contributed by atoms with van der Waals surface area (Å²) in [4.78, 5) is 21.6. The quantitative estimate of drug-likeness (QED) is 0.715. The summed E-state index contributed by atoms with van der Waals surface area (Å²) in [6, 6.07) is 4.36. The highest BCUT2D eigenvalue weighted by molar-refractivity contribution is 5.94. The number of amides is 3. The Kier molecular flexibility index (Phi) is 3.47. The van der Waals surface area contributed by atoms with Crippen molar-refractivity contribution in [1.29, 1.82) is 0 Å². The van der Waals surface area contributed by atoms with E-state index in [2.05, 4.69) is 0 Å². The van der Waals surface area contributed by atoms with E-state index in [9.17, 15) is 14.7 Å². The Morgan fingerprint density at radius 1 is 1.50 bits per heavy atom. The molecule has 96 valence electrons. The van der Waals surface area contributed by atoms with E-state index in [4.69, 9.17) is 10.5 Å². The molecule has 1 aromatic carbocycles. The number of fused-ring (bicyclic) bond motifs is 1. The molecule has 0 bridgehead atoms. The van der Waals surface area contributed by atoms with Gasteiger partial charge in [0.25, 0.3) is 5.91 Å². The molecular formula is C12H14N2O4. The number of imide groups is 1. The number of primary amides is 1. The van der Waals surface area contributed by atoms with Gasteiger partial charge in [0.1, 0.15) is 5.75 Å². The molecule has 4 N–H and O–H groups in total. The van der Waals surface area contributed by atoms with E-state index in [0.29, 0.717) is 12.2 Å². The molecule has 0 saturated heterocycles. The highest BCUT2D eigenvalue weighted by Crippen LogP contribution is 2.33. The third-order valence-corrected chi connectivity index (χ3v) is 2.79. The zero-order valence-electron chi connectivity index (χ0n) is 9.68. The normalized spacial score (nSPS) is 17.1. The lowest BCUT2D eigenvalue weighted by molar-refractivity contribution is -0.121. The van der Waals surface area contributed by atoms with Crippen LogP contribution in [0.4, 0.5) is 4.79 Å². The van der Waals surface area contributed by atoms with Crippen LogP contribution in [0, 0.1) is 0 Å². The number of nitrogens with one attached hydrogen (secondary N) is 1. The number of carbonyl (C=O) groups is 2. The molecule has 0 aliphatic heterocycles. The van der Waals surface area contributed by atoms with E-state index in [-0.39, 0.29) is 6.61 Å². The third-order valence-electron chi connectivity index (χ3n) is 2.79. The van der Waals surface area contributed by atoms with Crippen LogP contribution in [0.25, 0.3) is 0 Å². The largest absolute Gasteiger partial charge is 0.484 e. The number of hydrogen-bond donors (Lipinski definition) is 3. The van der Waals surface area contributed by atoms with Gasteiger partial charge in [-0.05, 0) is 36.1 Å². The second-order valence-electron chi connectivity index (χ2n) is 4.12. The smallest absolute Gasteiger partial charge is 0.318 e. The van der Waals surface area contributed by atoms with Crippen LogP contribution in [0.2, 0.25) is 0 Å². The molecule has 2 rings (SSSR count). The van der Waals surface area contributed by atoms with Gasteiger partial charge in [-0.15, -0.1) is 0 Å². The first kappa shape index (κ1) is 12.4. The zero-order chi connectivity index (χ0) is 13.1. The average Bonchev–Trinajstić information content (AvgIpc) is 2.67. The highest BCUT2D eigenvalue weighted by atomic mass is 16.5. The third kappa shape index (κ3) is 2.78. The molecule has 6 nitrogen and oxygen atoms in total. The number of aliphatic hydroxyl groups is 1. The van der Waals surface area contributed by atoms with Crippen LogP contribution < -0.4 is 15.8 Å². The van der Waals surface area contributed by atoms with Crippen LogP contribution in [0.1, 0.15) is 23.7 Å². The molecule has 1 aliphatic carbocycles. The van der Waals surface area contributed by atoms with Crippen molar-refractivity contribution in [2.75, 3.05) is 6.61 Å². The van der Waals surface area contributed by atoms with Crippen LogP contribution in [0.15, 0.2) is 18.2 Å². The van der Waals surface area contributed by atoms with Gasteiger partial charge >= 0.3 is 6.03 Å². The van der Waals surface area contributed by atoms with Crippen LogP contribution in [0.3, 0.4) is 0 Å². The molecule has 1 aromatic rings. The van der Waals surface area contributed by atoms with Crippen molar-refractivity contribution in [3.05, 3.63) is 29.3 Å². The SMILES string of the molecule is NC(=O)NC(=O)COc1ccc2c(c1)CC[C@H]2O. The van der Waals surface area contributed by atoms with Crippen LogP contribution in [-0.4, -0.2) is 23.7 Å². The average molecular weight is 250 g/mol. The number of benzene rings is 1. The predicted molar refractivity (Wildman–Crippen MR) is 62.9 cm³/mol. The molecule has 0 radical (unpaired) electrons. The van der Waals surface area contributed by atoms with Gasteiger partial charge in [0, 0.05) is 0 Å². The lowest BCUT2D eigenvalue weighted by atomic mass is 10.1. The van der Waals surface area contributed by atoms with Crippen LogP contribution in [-0.2, 0) is 11.2 Å². The lowest BCUT2D eigenvalue weighted by Gasteiger charge is -2.08. The van der Waals surface area contributed by atoms with Gasteiger partial charge < -0.3 is 15.6 Å². The van der Waals surface area contributed by atoms with Crippen molar-refractivity contribution in [3.8, 4) is 5.75 Å². The fraction of sp³-hybridized carbons (Fsp3) is 0.333. The maximum atomic E-state index is 11.1. The minimum absolute atomic E-state index is 0.274. The molecule has 0 aromatic heterocycles. The number of carbonyl (C=O) groups excluding carboxylic acids is 2. The topological polar surface area (TPSA) is 102 Å². The van der Waals surface area contributed by atoms with E-state index < -0.39 is 18.0 Å². The second-order valence-corrected chi connectivity index (χ2v) is 4.12. The fourth-order valence-corrected chi connectivity index (χ4v) is 1.98. The van der Waals surface area contributed by atoms with Crippen molar-refractivity contribution in [3.63, 3.8) is 0 Å². The molecule has 0 spiro atoms. The molecule has 1 aliphatic rings. The number of nitrogens with two attached hydrogens (primary N) is 1. The summed E-state index contributed by atoms with van der Waals surface area (Å²) in [5.74, 6) is -0.0643. The van der Waals surface area contributed by atoms with Crippen molar-refractivity contribution >= 4 is 11.9 Å². The van der Waals surface area contributed by atoms with Crippen LogP contribution >= 0.6 is 0 Å². The Labute approximate surface area is 104 Å². The number of rotatable bonds is 3. The molecule has 0 unspecified atom stereocenters. The van der Waals surface area contributed by atoms with Crippen molar-refractivity contribution in [2.24, 2.45) is 5.73 Å². The second kappa shape index (κ2) is 5.05. The Morgan fingerprint density at radius 3 is 3.00 bits per heavy atom. The maximum absolute atomic E-state index is 11.1. The molecule has 0 fully saturated rings. The maximum Gasteiger partial charge on any atom is 0.318 e. The molecule has 0 heterocycles. The van der Waals surface area contributed by atoms with Gasteiger partial charge in [-0.25, -0.2) is 4.79 Å². The van der Waals surface area contributed by atoms with Gasteiger partial charge in [-0.3, -0.25) is 10.1 Å². The molecular weight excluding hydrogens is 236 g/mol. The number of ether oxygens (including phenoxy) is 1. The van der Waals surface area contributed by atoms with Gasteiger partial charge in [0.05, 0.1) is 6.10 Å². The Bertz CT molecular complexity index is 487. The number of aliphatic hydroxyl groups excluding tert-OH is 1.